The number of rotatable bonds is 4. The largest absolute Gasteiger partial charge is 0.416 e. The molecule has 23 heavy (non-hydrogen) atoms. The van der Waals surface area contributed by atoms with Crippen molar-refractivity contribution in [2.45, 2.75) is 38.6 Å². The van der Waals surface area contributed by atoms with Gasteiger partial charge in [0, 0.05) is 7.05 Å². The number of halogens is 3. The lowest BCUT2D eigenvalue weighted by Crippen LogP contribution is -2.33. The van der Waals surface area contributed by atoms with Crippen LogP contribution in [0.3, 0.4) is 0 Å². The lowest BCUT2D eigenvalue weighted by atomic mass is 10.1. The number of hydrogen-bond donors (Lipinski definition) is 2. The zero-order valence-electron chi connectivity index (χ0n) is 13.0. The van der Waals surface area contributed by atoms with Crippen LogP contribution in [0.2, 0.25) is 0 Å². The monoisotopic (exact) mass is 329 g/mol. The maximum Gasteiger partial charge on any atom is 0.416 e. The van der Waals surface area contributed by atoms with Gasteiger partial charge in [0.25, 0.3) is 0 Å². The van der Waals surface area contributed by atoms with Crippen molar-refractivity contribution in [2.24, 2.45) is 0 Å². The molecule has 1 heterocycles. The second-order valence-corrected chi connectivity index (χ2v) is 6.15. The maximum atomic E-state index is 12.7. The van der Waals surface area contributed by atoms with Gasteiger partial charge < -0.3 is 15.0 Å². The molecule has 0 fully saturated rings. The van der Waals surface area contributed by atoms with Gasteiger partial charge in [-0.15, -0.1) is 0 Å². The lowest BCUT2D eigenvalue weighted by molar-refractivity contribution is -0.137. The molecular weight excluding hydrogens is 311 g/mol. The zero-order valence-corrected chi connectivity index (χ0v) is 13.0. The van der Waals surface area contributed by atoms with Gasteiger partial charge >= 0.3 is 6.18 Å². The highest BCUT2D eigenvalue weighted by Crippen LogP contribution is 2.30. The van der Waals surface area contributed by atoms with Crippen molar-refractivity contribution in [1.29, 1.82) is 0 Å². The number of amides is 1. The average molecular weight is 329 g/mol. The summed E-state index contributed by atoms with van der Waals surface area (Å²) in [6.45, 7) is 3.17. The van der Waals surface area contributed by atoms with Crippen LogP contribution in [0.5, 0.6) is 0 Å². The molecule has 0 atom stereocenters. The number of H-pyrrole nitrogens is 1. The average Bonchev–Trinajstić information content (AvgIpc) is 2.76. The fraction of sp³-hybridized carbons (Fsp3) is 0.467. The molecule has 1 aromatic heterocycles. The lowest BCUT2D eigenvalue weighted by Gasteiger charge is -2.21. The van der Waals surface area contributed by atoms with Crippen molar-refractivity contribution in [3.63, 3.8) is 0 Å². The zero-order chi connectivity index (χ0) is 17.4. The SMILES string of the molecule is CN(Cc1nc2ccc(C(F)(F)F)cc2[nH]1)C(=O)CC(C)(C)O. The van der Waals surface area contributed by atoms with Crippen LogP contribution in [-0.4, -0.2) is 38.5 Å². The summed E-state index contributed by atoms with van der Waals surface area (Å²) in [5, 5.41) is 9.65. The highest BCUT2D eigenvalue weighted by atomic mass is 19.4. The normalized spacial score (nSPS) is 12.7. The van der Waals surface area contributed by atoms with Gasteiger partial charge in [-0.25, -0.2) is 4.98 Å². The van der Waals surface area contributed by atoms with Crippen molar-refractivity contribution >= 4 is 16.9 Å². The first-order valence-corrected chi connectivity index (χ1v) is 6.98. The van der Waals surface area contributed by atoms with E-state index in [-0.39, 0.29) is 24.4 Å². The first kappa shape index (κ1) is 17.3. The molecule has 2 N–H and O–H groups in total. The molecule has 1 aromatic carbocycles. The Kier molecular flexibility index (Phi) is 4.39. The molecule has 0 aliphatic rings. The van der Waals surface area contributed by atoms with Crippen LogP contribution < -0.4 is 0 Å². The standard InChI is InChI=1S/C15H18F3N3O2/c1-14(2,23)7-13(22)21(3)8-12-19-10-5-4-9(15(16,17)18)6-11(10)20-12/h4-6,23H,7-8H2,1-3H3,(H,19,20). The van der Waals surface area contributed by atoms with Crippen molar-refractivity contribution in [1.82, 2.24) is 14.9 Å². The van der Waals surface area contributed by atoms with E-state index in [2.05, 4.69) is 9.97 Å². The molecule has 0 spiro atoms. The fourth-order valence-corrected chi connectivity index (χ4v) is 2.13. The van der Waals surface area contributed by atoms with E-state index in [1.54, 1.807) is 7.05 Å². The summed E-state index contributed by atoms with van der Waals surface area (Å²) in [5.41, 5.74) is -1.22. The second-order valence-electron chi connectivity index (χ2n) is 6.15. The number of hydrogen-bond acceptors (Lipinski definition) is 3. The first-order valence-electron chi connectivity index (χ1n) is 6.98. The number of nitrogens with zero attached hydrogens (tertiary/aromatic N) is 2. The fourth-order valence-electron chi connectivity index (χ4n) is 2.13. The summed E-state index contributed by atoms with van der Waals surface area (Å²) in [6, 6.07) is 3.25. The summed E-state index contributed by atoms with van der Waals surface area (Å²) < 4.78 is 38.1. The Bertz CT molecular complexity index is 717. The number of carbonyl (C=O) groups is 1. The van der Waals surface area contributed by atoms with Gasteiger partial charge in [0.15, 0.2) is 0 Å². The Morgan fingerprint density at radius 1 is 1.35 bits per heavy atom. The number of benzene rings is 1. The van der Waals surface area contributed by atoms with Gasteiger partial charge in [-0.2, -0.15) is 13.2 Å². The van der Waals surface area contributed by atoms with Gasteiger partial charge in [-0.05, 0) is 32.0 Å². The number of aromatic amines is 1. The Labute approximate surface area is 131 Å². The quantitative estimate of drug-likeness (QED) is 0.906. The maximum absolute atomic E-state index is 12.7. The smallest absolute Gasteiger partial charge is 0.390 e. The molecule has 0 saturated carbocycles. The van der Waals surface area contributed by atoms with E-state index < -0.39 is 17.3 Å². The predicted octanol–water partition coefficient (Wildman–Crippen LogP) is 2.70. The number of carbonyl (C=O) groups excluding carboxylic acids is 1. The number of aromatic nitrogens is 2. The van der Waals surface area contributed by atoms with Crippen LogP contribution in [0.15, 0.2) is 18.2 Å². The number of nitrogens with one attached hydrogen (secondary N) is 1. The highest BCUT2D eigenvalue weighted by Gasteiger charge is 2.30. The summed E-state index contributed by atoms with van der Waals surface area (Å²) >= 11 is 0. The van der Waals surface area contributed by atoms with Crippen molar-refractivity contribution in [3.05, 3.63) is 29.6 Å². The molecule has 0 aliphatic carbocycles. The minimum absolute atomic E-state index is 0.0536. The molecule has 0 bridgehead atoms. The van der Waals surface area contributed by atoms with Gasteiger partial charge in [-0.3, -0.25) is 4.79 Å². The summed E-state index contributed by atoms with van der Waals surface area (Å²) in [4.78, 5) is 20.3. The summed E-state index contributed by atoms with van der Waals surface area (Å²) in [7, 11) is 1.54. The van der Waals surface area contributed by atoms with E-state index in [4.69, 9.17) is 0 Å². The molecule has 0 aliphatic heterocycles. The van der Waals surface area contributed by atoms with E-state index >= 15 is 0 Å². The number of imidazole rings is 1. The van der Waals surface area contributed by atoms with Crippen molar-refractivity contribution in [2.75, 3.05) is 7.05 Å². The van der Waals surface area contributed by atoms with Gasteiger partial charge in [-0.1, -0.05) is 0 Å². The Morgan fingerprint density at radius 3 is 2.57 bits per heavy atom. The summed E-state index contributed by atoms with van der Waals surface area (Å²) in [5.74, 6) is 0.0971. The third kappa shape index (κ3) is 4.44. The van der Waals surface area contributed by atoms with E-state index in [0.29, 0.717) is 11.3 Å². The minimum atomic E-state index is -4.42. The molecule has 126 valence electrons. The van der Waals surface area contributed by atoms with E-state index in [1.165, 1.54) is 24.8 Å². The highest BCUT2D eigenvalue weighted by molar-refractivity contribution is 5.78. The molecule has 0 saturated heterocycles. The third-order valence-electron chi connectivity index (χ3n) is 3.25. The van der Waals surface area contributed by atoms with Gasteiger partial charge in [0.2, 0.25) is 5.91 Å². The number of fused-ring (bicyclic) bond motifs is 1. The van der Waals surface area contributed by atoms with Crippen LogP contribution in [0.4, 0.5) is 13.2 Å². The molecule has 1 amide bonds. The van der Waals surface area contributed by atoms with Gasteiger partial charge in [0.1, 0.15) is 5.82 Å². The Morgan fingerprint density at radius 2 is 2.00 bits per heavy atom. The van der Waals surface area contributed by atoms with E-state index in [9.17, 15) is 23.1 Å². The number of alkyl halides is 3. The van der Waals surface area contributed by atoms with E-state index in [1.807, 2.05) is 0 Å². The first-order chi connectivity index (χ1) is 10.5. The second kappa shape index (κ2) is 5.84. The molecule has 8 heteroatoms. The molecule has 0 unspecified atom stereocenters. The number of aliphatic hydroxyl groups is 1. The molecule has 2 rings (SSSR count). The Hall–Kier alpha value is -2.09. The minimum Gasteiger partial charge on any atom is -0.390 e. The van der Waals surface area contributed by atoms with Gasteiger partial charge in [0.05, 0.1) is 35.2 Å². The molecule has 2 aromatic rings. The molecular formula is C15H18F3N3O2. The molecule has 0 radical (unpaired) electrons. The Balaban J connectivity index is 2.16. The van der Waals surface area contributed by atoms with Crippen LogP contribution in [0.1, 0.15) is 31.7 Å². The molecule has 5 nitrogen and oxygen atoms in total. The predicted molar refractivity (Wildman–Crippen MR) is 78.5 cm³/mol. The van der Waals surface area contributed by atoms with E-state index in [0.717, 1.165) is 12.1 Å². The van der Waals surface area contributed by atoms with Crippen LogP contribution in [0, 0.1) is 0 Å². The van der Waals surface area contributed by atoms with Crippen LogP contribution in [0.25, 0.3) is 11.0 Å². The summed E-state index contributed by atoms with van der Waals surface area (Å²) in [6.07, 6.45) is -4.47. The van der Waals surface area contributed by atoms with Crippen LogP contribution >= 0.6 is 0 Å². The van der Waals surface area contributed by atoms with Crippen molar-refractivity contribution in [3.8, 4) is 0 Å². The third-order valence-corrected chi connectivity index (χ3v) is 3.25. The van der Waals surface area contributed by atoms with Crippen molar-refractivity contribution < 1.29 is 23.1 Å². The topological polar surface area (TPSA) is 69.2 Å². The van der Waals surface area contributed by atoms with Crippen LogP contribution in [-0.2, 0) is 17.5 Å².